The molecule has 0 aromatic heterocycles. The highest BCUT2D eigenvalue weighted by Crippen LogP contribution is 2.25. The smallest absolute Gasteiger partial charge is 0.279 e. The topological polar surface area (TPSA) is 29.1 Å². The van der Waals surface area contributed by atoms with Gasteiger partial charge in [-0.05, 0) is 63.3 Å². The van der Waals surface area contributed by atoms with E-state index in [1.54, 1.807) is 0 Å². The molecule has 1 aliphatic heterocycles. The van der Waals surface area contributed by atoms with Crippen LogP contribution in [0.1, 0.15) is 37.3 Å². The minimum atomic E-state index is 0.118. The average Bonchev–Trinajstić information content (AvgIpc) is 2.44. The van der Waals surface area contributed by atoms with Crippen LogP contribution in [0.2, 0.25) is 5.02 Å². The highest BCUT2D eigenvalue weighted by atomic mass is 35.5. The maximum Gasteiger partial charge on any atom is 0.279 e. The lowest BCUT2D eigenvalue weighted by atomic mass is 10.1. The molecule has 0 atom stereocenters. The summed E-state index contributed by atoms with van der Waals surface area (Å²) in [5.74, 6) is 0.118. The molecule has 0 aliphatic carbocycles. The first kappa shape index (κ1) is 16.3. The minimum Gasteiger partial charge on any atom is -0.321 e. The minimum absolute atomic E-state index is 0.118. The van der Waals surface area contributed by atoms with Crippen LogP contribution in [0, 0.1) is 13.8 Å². The number of nitrogens with one attached hydrogen (secondary N) is 1. The first-order valence-electron chi connectivity index (χ1n) is 7.87. The number of aryl methyl sites for hydroxylation is 2. The lowest BCUT2D eigenvalue weighted by molar-refractivity contribution is -0.923. The Bertz CT molecular complexity index is 499. The second-order valence-corrected chi connectivity index (χ2v) is 6.72. The van der Waals surface area contributed by atoms with Crippen molar-refractivity contribution in [1.29, 1.82) is 0 Å². The van der Waals surface area contributed by atoms with E-state index < -0.39 is 0 Å². The maximum absolute atomic E-state index is 12.5. The number of rotatable bonds is 4. The van der Waals surface area contributed by atoms with E-state index in [4.69, 9.17) is 11.6 Å². The summed E-state index contributed by atoms with van der Waals surface area (Å²) in [5.41, 5.74) is 2.96. The van der Waals surface area contributed by atoms with Crippen molar-refractivity contribution >= 4 is 23.2 Å². The van der Waals surface area contributed by atoms with Gasteiger partial charge in [0.15, 0.2) is 6.54 Å². The molecular weight excluding hydrogens is 284 g/mol. The van der Waals surface area contributed by atoms with Crippen LogP contribution in [-0.4, -0.2) is 36.6 Å². The fourth-order valence-electron chi connectivity index (χ4n) is 3.36. The van der Waals surface area contributed by atoms with Gasteiger partial charge < -0.3 is 9.80 Å². The number of quaternary nitrogens is 1. The molecule has 21 heavy (non-hydrogen) atoms. The molecule has 2 rings (SSSR count). The molecule has 1 N–H and O–H groups in total. The van der Waals surface area contributed by atoms with Crippen molar-refractivity contribution in [2.24, 2.45) is 0 Å². The first-order chi connectivity index (χ1) is 9.96. The van der Waals surface area contributed by atoms with E-state index in [1.807, 2.05) is 26.0 Å². The number of nitrogens with zero attached hydrogens (tertiary/aromatic N) is 1. The van der Waals surface area contributed by atoms with Crippen molar-refractivity contribution in [3.8, 4) is 0 Å². The normalized spacial score (nSPS) is 17.5. The Labute approximate surface area is 132 Å². The van der Waals surface area contributed by atoms with Crippen LogP contribution in [-0.2, 0) is 4.79 Å². The van der Waals surface area contributed by atoms with Crippen molar-refractivity contribution in [3.63, 3.8) is 0 Å². The van der Waals surface area contributed by atoms with E-state index in [9.17, 15) is 4.79 Å². The average molecular weight is 310 g/mol. The lowest BCUT2D eigenvalue weighted by Gasteiger charge is -2.40. The number of carbonyl (C=O) groups excluding carboxylic acids is 1. The van der Waals surface area contributed by atoms with Gasteiger partial charge in [0.05, 0.1) is 19.6 Å². The third-order valence-corrected chi connectivity index (χ3v) is 4.89. The van der Waals surface area contributed by atoms with Gasteiger partial charge >= 0.3 is 0 Å². The Hall–Kier alpha value is -1.06. The molecule has 1 fully saturated rings. The van der Waals surface area contributed by atoms with E-state index in [1.165, 1.54) is 19.3 Å². The molecule has 1 saturated heterocycles. The van der Waals surface area contributed by atoms with Gasteiger partial charge in [0.2, 0.25) is 0 Å². The van der Waals surface area contributed by atoms with Crippen molar-refractivity contribution in [2.45, 2.75) is 40.0 Å². The summed E-state index contributed by atoms with van der Waals surface area (Å²) >= 11 is 6.04. The Morgan fingerprint density at radius 2 is 1.76 bits per heavy atom. The second-order valence-electron chi connectivity index (χ2n) is 6.29. The van der Waals surface area contributed by atoms with Crippen molar-refractivity contribution in [1.82, 2.24) is 0 Å². The number of anilines is 1. The third-order valence-electron chi connectivity index (χ3n) is 4.68. The number of piperidine rings is 1. The first-order valence-corrected chi connectivity index (χ1v) is 8.25. The quantitative estimate of drug-likeness (QED) is 0.839. The second kappa shape index (κ2) is 6.80. The number of benzene rings is 1. The number of likely N-dealkylation sites (tertiary alicyclic amines) is 1. The van der Waals surface area contributed by atoms with E-state index >= 15 is 0 Å². The number of likely N-dealkylation sites (N-methyl/N-ethyl adjacent to an activating group) is 1. The lowest BCUT2D eigenvalue weighted by Crippen LogP contribution is -2.55. The summed E-state index contributed by atoms with van der Waals surface area (Å²) in [6, 6.07) is 3.80. The van der Waals surface area contributed by atoms with Crippen LogP contribution < -0.4 is 5.32 Å². The van der Waals surface area contributed by atoms with Crippen LogP contribution in [0.25, 0.3) is 0 Å². The maximum atomic E-state index is 12.5. The van der Waals surface area contributed by atoms with Crippen LogP contribution in [0.15, 0.2) is 12.1 Å². The summed E-state index contributed by atoms with van der Waals surface area (Å²) < 4.78 is 0.928. The molecule has 0 radical (unpaired) electrons. The molecule has 4 heteroatoms. The molecule has 0 unspecified atom stereocenters. The largest absolute Gasteiger partial charge is 0.321 e. The summed E-state index contributed by atoms with van der Waals surface area (Å²) in [6.07, 6.45) is 3.78. The number of halogens is 1. The van der Waals surface area contributed by atoms with Gasteiger partial charge in [0, 0.05) is 10.7 Å². The summed E-state index contributed by atoms with van der Waals surface area (Å²) in [6.45, 7) is 10.0. The van der Waals surface area contributed by atoms with Gasteiger partial charge in [-0.3, -0.25) is 4.79 Å². The molecule has 1 aromatic carbocycles. The molecule has 1 amide bonds. The van der Waals surface area contributed by atoms with Crippen LogP contribution in [0.4, 0.5) is 5.69 Å². The number of hydrogen-bond donors (Lipinski definition) is 1. The summed E-state index contributed by atoms with van der Waals surface area (Å²) in [5, 5.41) is 3.82. The number of amides is 1. The van der Waals surface area contributed by atoms with Gasteiger partial charge in [-0.1, -0.05) is 11.6 Å². The zero-order valence-electron chi connectivity index (χ0n) is 13.3. The number of carbonyl (C=O) groups is 1. The van der Waals surface area contributed by atoms with E-state index in [0.29, 0.717) is 6.54 Å². The molecule has 0 bridgehead atoms. The Kier molecular flexibility index (Phi) is 5.28. The Balaban J connectivity index is 2.08. The van der Waals surface area contributed by atoms with E-state index in [2.05, 4.69) is 12.2 Å². The fourth-order valence-corrected chi connectivity index (χ4v) is 3.69. The monoisotopic (exact) mass is 309 g/mol. The van der Waals surface area contributed by atoms with Crippen LogP contribution in [0.3, 0.4) is 0 Å². The molecule has 1 aliphatic rings. The molecule has 0 saturated carbocycles. The Morgan fingerprint density at radius 3 is 2.29 bits per heavy atom. The highest BCUT2D eigenvalue weighted by molar-refractivity contribution is 6.30. The third kappa shape index (κ3) is 3.98. The Morgan fingerprint density at radius 1 is 1.19 bits per heavy atom. The standard InChI is InChI=1S/C17H25ClN2O/c1-4-20(8-6-5-7-9-20)12-16(21)19-17-13(2)10-15(18)11-14(17)3/h10-11H,4-9,12H2,1-3H3/p+1. The van der Waals surface area contributed by atoms with Gasteiger partial charge in [0.1, 0.15) is 0 Å². The zero-order chi connectivity index (χ0) is 15.5. The predicted molar refractivity (Wildman–Crippen MR) is 88.8 cm³/mol. The molecule has 1 aromatic rings. The van der Waals surface area contributed by atoms with Crippen molar-refractivity contribution in [2.75, 3.05) is 31.5 Å². The predicted octanol–water partition coefficient (Wildman–Crippen LogP) is 3.92. The molecule has 3 nitrogen and oxygen atoms in total. The van der Waals surface area contributed by atoms with Gasteiger partial charge in [-0.15, -0.1) is 0 Å². The zero-order valence-corrected chi connectivity index (χ0v) is 14.1. The molecule has 116 valence electrons. The van der Waals surface area contributed by atoms with Gasteiger partial charge in [-0.2, -0.15) is 0 Å². The number of hydrogen-bond acceptors (Lipinski definition) is 1. The van der Waals surface area contributed by atoms with E-state index in [-0.39, 0.29) is 5.91 Å². The van der Waals surface area contributed by atoms with Gasteiger partial charge in [0.25, 0.3) is 5.91 Å². The van der Waals surface area contributed by atoms with Crippen LogP contribution in [0.5, 0.6) is 0 Å². The summed E-state index contributed by atoms with van der Waals surface area (Å²) in [4.78, 5) is 12.5. The van der Waals surface area contributed by atoms with Crippen LogP contribution >= 0.6 is 11.6 Å². The highest BCUT2D eigenvalue weighted by Gasteiger charge is 2.30. The molecule has 0 spiro atoms. The SMILES string of the molecule is CC[N+]1(CC(=O)Nc2c(C)cc(Cl)cc2C)CCCCC1. The van der Waals surface area contributed by atoms with Crippen molar-refractivity contribution < 1.29 is 9.28 Å². The summed E-state index contributed by atoms with van der Waals surface area (Å²) in [7, 11) is 0. The molecular formula is C17H26ClN2O+. The van der Waals surface area contributed by atoms with Gasteiger partial charge in [-0.25, -0.2) is 0 Å². The fraction of sp³-hybridized carbons (Fsp3) is 0.588. The van der Waals surface area contributed by atoms with Crippen molar-refractivity contribution in [3.05, 3.63) is 28.3 Å². The van der Waals surface area contributed by atoms with E-state index in [0.717, 1.165) is 46.0 Å². The molecule has 1 heterocycles.